The van der Waals surface area contributed by atoms with E-state index in [-0.39, 0.29) is 0 Å². The molecule has 4 bridgehead atoms. The topological polar surface area (TPSA) is 17.1 Å². The largest absolute Gasteiger partial charge is 0.299 e. The summed E-state index contributed by atoms with van der Waals surface area (Å²) in [5.74, 6) is 3.06. The summed E-state index contributed by atoms with van der Waals surface area (Å²) in [5.41, 5.74) is 1.41. The zero-order chi connectivity index (χ0) is 9.00. The van der Waals surface area contributed by atoms with Crippen LogP contribution in [0.4, 0.5) is 0 Å². The molecule has 0 aromatic carbocycles. The predicted molar refractivity (Wildman–Crippen MR) is 51.2 cm³/mol. The van der Waals surface area contributed by atoms with Gasteiger partial charge in [0.05, 0.1) is 0 Å². The summed E-state index contributed by atoms with van der Waals surface area (Å²) < 4.78 is 0. The number of Topliss-reactive ketones (excluding diaryl/α,β-unsaturated/α-hetero) is 1. The molecule has 0 spiro atoms. The molecular weight excluding hydrogens is 160 g/mol. The van der Waals surface area contributed by atoms with E-state index in [4.69, 9.17) is 0 Å². The molecule has 0 amide bonds. The van der Waals surface area contributed by atoms with E-state index < -0.39 is 0 Å². The van der Waals surface area contributed by atoms with Crippen LogP contribution in [-0.4, -0.2) is 5.78 Å². The first kappa shape index (κ1) is 7.78. The molecule has 0 aromatic rings. The van der Waals surface area contributed by atoms with Gasteiger partial charge in [0.2, 0.25) is 0 Å². The minimum atomic E-state index is 0.410. The van der Waals surface area contributed by atoms with Crippen molar-refractivity contribution in [1.29, 1.82) is 0 Å². The first-order valence-electron chi connectivity index (χ1n) is 5.45. The molecule has 0 radical (unpaired) electrons. The van der Waals surface area contributed by atoms with Gasteiger partial charge in [0.25, 0.3) is 0 Å². The van der Waals surface area contributed by atoms with Crippen molar-refractivity contribution in [3.63, 3.8) is 0 Å². The van der Waals surface area contributed by atoms with Gasteiger partial charge in [-0.2, -0.15) is 0 Å². The van der Waals surface area contributed by atoms with Crippen LogP contribution in [0.2, 0.25) is 0 Å². The lowest BCUT2D eigenvalue weighted by Crippen LogP contribution is -2.29. The highest BCUT2D eigenvalue weighted by molar-refractivity contribution is 5.82. The van der Waals surface area contributed by atoms with Gasteiger partial charge in [-0.25, -0.2) is 0 Å². The third kappa shape index (κ3) is 1.02. The summed E-state index contributed by atoms with van der Waals surface area (Å²) in [5, 5.41) is 0. The van der Waals surface area contributed by atoms with Crippen molar-refractivity contribution >= 4 is 5.78 Å². The highest BCUT2D eigenvalue weighted by Gasteiger charge is 2.44. The minimum Gasteiger partial charge on any atom is -0.299 e. The standard InChI is InChI=1S/C12H16O/c1-7-9-2-8-3-10(7)6-12(13)11(4-8)5-9/h8-11H,1-6H2/t8-,9-,10+,11+/m1/s1. The molecule has 4 rings (SSSR count). The van der Waals surface area contributed by atoms with Crippen molar-refractivity contribution < 1.29 is 4.79 Å². The lowest BCUT2D eigenvalue weighted by Gasteiger charge is -2.39. The Morgan fingerprint density at radius 2 is 1.69 bits per heavy atom. The molecule has 13 heavy (non-hydrogen) atoms. The Kier molecular flexibility index (Phi) is 1.47. The fraction of sp³-hybridized carbons (Fsp3) is 0.750. The van der Waals surface area contributed by atoms with Gasteiger partial charge in [-0.3, -0.25) is 4.79 Å². The van der Waals surface area contributed by atoms with E-state index in [1.807, 2.05) is 0 Å². The average Bonchev–Trinajstić information content (AvgIpc) is 2.26. The maximum absolute atomic E-state index is 11.8. The normalized spacial score (nSPS) is 48.3. The molecule has 0 saturated heterocycles. The summed E-state index contributed by atoms with van der Waals surface area (Å²) >= 11 is 0. The molecule has 0 aromatic heterocycles. The van der Waals surface area contributed by atoms with Crippen molar-refractivity contribution in [2.75, 3.05) is 0 Å². The van der Waals surface area contributed by atoms with Crippen LogP contribution in [0.25, 0.3) is 0 Å². The first-order chi connectivity index (χ1) is 6.24. The van der Waals surface area contributed by atoms with E-state index in [0.29, 0.717) is 23.5 Å². The van der Waals surface area contributed by atoms with E-state index in [2.05, 4.69) is 6.58 Å². The number of rotatable bonds is 0. The van der Waals surface area contributed by atoms with Gasteiger partial charge < -0.3 is 0 Å². The van der Waals surface area contributed by atoms with Crippen LogP contribution < -0.4 is 0 Å². The van der Waals surface area contributed by atoms with Gasteiger partial charge in [0, 0.05) is 12.3 Å². The van der Waals surface area contributed by atoms with E-state index in [9.17, 15) is 4.79 Å². The summed E-state index contributed by atoms with van der Waals surface area (Å²) in [7, 11) is 0. The quantitative estimate of drug-likeness (QED) is 0.518. The number of hydrogen-bond acceptors (Lipinski definition) is 1. The molecule has 4 saturated carbocycles. The molecule has 0 aliphatic heterocycles. The molecule has 4 atom stereocenters. The van der Waals surface area contributed by atoms with Crippen molar-refractivity contribution in [3.05, 3.63) is 12.2 Å². The molecule has 0 N–H and O–H groups in total. The van der Waals surface area contributed by atoms with E-state index in [1.54, 1.807) is 0 Å². The summed E-state index contributed by atoms with van der Waals surface area (Å²) in [4.78, 5) is 11.8. The summed E-state index contributed by atoms with van der Waals surface area (Å²) in [6, 6.07) is 0. The number of fused-ring (bicyclic) bond motifs is 1. The number of ketones is 1. The fourth-order valence-electron chi connectivity index (χ4n) is 3.71. The summed E-state index contributed by atoms with van der Waals surface area (Å²) in [6.07, 6.45) is 5.73. The number of carbonyl (C=O) groups excluding carboxylic acids is 1. The monoisotopic (exact) mass is 176 g/mol. The van der Waals surface area contributed by atoms with Gasteiger partial charge in [0.15, 0.2) is 0 Å². The number of allylic oxidation sites excluding steroid dienone is 1. The molecule has 4 aliphatic rings. The van der Waals surface area contributed by atoms with Crippen molar-refractivity contribution in [1.82, 2.24) is 0 Å². The third-order valence-electron chi connectivity index (χ3n) is 4.37. The molecule has 0 unspecified atom stereocenters. The molecule has 1 nitrogen and oxygen atoms in total. The Morgan fingerprint density at radius 3 is 2.54 bits per heavy atom. The highest BCUT2D eigenvalue weighted by Crippen LogP contribution is 2.51. The third-order valence-corrected chi connectivity index (χ3v) is 4.37. The lowest BCUT2D eigenvalue weighted by atomic mass is 9.66. The van der Waals surface area contributed by atoms with E-state index >= 15 is 0 Å². The zero-order valence-electron chi connectivity index (χ0n) is 7.96. The van der Waals surface area contributed by atoms with Gasteiger partial charge in [-0.15, -0.1) is 0 Å². The van der Waals surface area contributed by atoms with E-state index in [1.165, 1.54) is 24.8 Å². The molecular formula is C12H16O. The maximum Gasteiger partial charge on any atom is 0.136 e. The second-order valence-corrected chi connectivity index (χ2v) is 5.14. The maximum atomic E-state index is 11.8. The minimum absolute atomic E-state index is 0.410. The van der Waals surface area contributed by atoms with Crippen LogP contribution in [0.1, 0.15) is 32.1 Å². The highest BCUT2D eigenvalue weighted by atomic mass is 16.1. The number of carbonyl (C=O) groups is 1. The number of hydrogen-bond donors (Lipinski definition) is 0. The van der Waals surface area contributed by atoms with Crippen LogP contribution >= 0.6 is 0 Å². The van der Waals surface area contributed by atoms with Gasteiger partial charge >= 0.3 is 0 Å². The lowest BCUT2D eigenvalue weighted by molar-refractivity contribution is -0.123. The summed E-state index contributed by atoms with van der Waals surface area (Å²) in [6.45, 7) is 4.20. The Morgan fingerprint density at radius 1 is 1.00 bits per heavy atom. The molecule has 0 heterocycles. The molecule has 4 aliphatic carbocycles. The smallest absolute Gasteiger partial charge is 0.136 e. The van der Waals surface area contributed by atoms with Crippen LogP contribution in [0, 0.1) is 23.7 Å². The zero-order valence-corrected chi connectivity index (χ0v) is 7.96. The fourth-order valence-corrected chi connectivity index (χ4v) is 3.71. The first-order valence-corrected chi connectivity index (χ1v) is 5.45. The predicted octanol–water partition coefficient (Wildman–Crippen LogP) is 2.57. The van der Waals surface area contributed by atoms with Crippen LogP contribution in [0.5, 0.6) is 0 Å². The molecule has 1 heteroatoms. The van der Waals surface area contributed by atoms with Crippen LogP contribution in [-0.2, 0) is 4.79 Å². The van der Waals surface area contributed by atoms with Crippen molar-refractivity contribution in [2.45, 2.75) is 32.1 Å². The SMILES string of the molecule is C=C1[C@@H]2CC(=O)[C@H]3C[C@@H](C2)C[C@@H]1C3. The molecule has 4 fully saturated rings. The van der Waals surface area contributed by atoms with Gasteiger partial charge in [-0.1, -0.05) is 12.2 Å². The Hall–Kier alpha value is -0.590. The Bertz CT molecular complexity index is 279. The Labute approximate surface area is 79.2 Å². The van der Waals surface area contributed by atoms with Gasteiger partial charge in [0.1, 0.15) is 5.78 Å². The van der Waals surface area contributed by atoms with E-state index in [0.717, 1.165) is 18.8 Å². The van der Waals surface area contributed by atoms with Crippen molar-refractivity contribution in [3.8, 4) is 0 Å². The van der Waals surface area contributed by atoms with Crippen molar-refractivity contribution in [2.24, 2.45) is 23.7 Å². The average molecular weight is 176 g/mol. The molecule has 70 valence electrons. The second kappa shape index (κ2) is 2.46. The Balaban J connectivity index is 2.02. The second-order valence-electron chi connectivity index (χ2n) is 5.14. The van der Waals surface area contributed by atoms with Gasteiger partial charge in [-0.05, 0) is 43.4 Å². The van der Waals surface area contributed by atoms with Crippen LogP contribution in [0.15, 0.2) is 12.2 Å². The van der Waals surface area contributed by atoms with Crippen LogP contribution in [0.3, 0.4) is 0 Å².